The van der Waals surface area contributed by atoms with Gasteiger partial charge in [0.2, 0.25) is 0 Å². The van der Waals surface area contributed by atoms with E-state index in [4.69, 9.17) is 9.52 Å². The molecule has 1 atom stereocenters. The molecule has 0 saturated carbocycles. The number of aryl methyl sites for hydroxylation is 1. The minimum atomic E-state index is -0.982. The Morgan fingerprint density at radius 2 is 2.11 bits per heavy atom. The molecule has 0 aliphatic heterocycles. The van der Waals surface area contributed by atoms with Crippen LogP contribution in [0.1, 0.15) is 42.5 Å². The number of amides is 1. The van der Waals surface area contributed by atoms with Gasteiger partial charge in [-0.3, -0.25) is 14.4 Å². The van der Waals surface area contributed by atoms with Crippen molar-refractivity contribution >= 4 is 11.9 Å². The van der Waals surface area contributed by atoms with Gasteiger partial charge in [0.25, 0.3) is 5.91 Å². The van der Waals surface area contributed by atoms with Crippen molar-refractivity contribution < 1.29 is 19.1 Å². The van der Waals surface area contributed by atoms with Crippen molar-refractivity contribution in [2.45, 2.75) is 39.2 Å². The van der Waals surface area contributed by atoms with Crippen molar-refractivity contribution in [3.8, 4) is 0 Å². The van der Waals surface area contributed by atoms with Crippen LogP contribution < -0.4 is 10.7 Å². The monoisotopic (exact) mass is 267 g/mol. The molecule has 0 aliphatic carbocycles. The molecule has 0 radical (unpaired) electrons. The smallest absolute Gasteiger partial charge is 0.305 e. The largest absolute Gasteiger partial charge is 0.481 e. The molecule has 104 valence electrons. The van der Waals surface area contributed by atoms with Gasteiger partial charge in [-0.1, -0.05) is 13.3 Å². The lowest BCUT2D eigenvalue weighted by atomic mass is 10.1. The Morgan fingerprint density at radius 3 is 2.63 bits per heavy atom. The number of carbonyl (C=O) groups excluding carboxylic acids is 1. The Hall–Kier alpha value is -2.11. The summed E-state index contributed by atoms with van der Waals surface area (Å²) >= 11 is 0. The predicted octanol–water partition coefficient (Wildman–Crippen LogP) is 1.32. The fourth-order valence-corrected chi connectivity index (χ4v) is 1.76. The van der Waals surface area contributed by atoms with Crippen molar-refractivity contribution in [3.63, 3.8) is 0 Å². The first-order valence-electron chi connectivity index (χ1n) is 6.06. The zero-order chi connectivity index (χ0) is 14.4. The number of carboxylic acid groups (broad SMARTS) is 1. The number of nitrogens with one attached hydrogen (secondary N) is 1. The fourth-order valence-electron chi connectivity index (χ4n) is 1.76. The molecule has 0 bridgehead atoms. The molecule has 1 amide bonds. The molecular weight excluding hydrogens is 250 g/mol. The van der Waals surface area contributed by atoms with E-state index in [1.165, 1.54) is 6.07 Å². The summed E-state index contributed by atoms with van der Waals surface area (Å²) in [6, 6.07) is 1.89. The number of aliphatic carboxylic acids is 1. The van der Waals surface area contributed by atoms with E-state index < -0.39 is 17.9 Å². The molecule has 6 heteroatoms. The van der Waals surface area contributed by atoms with Gasteiger partial charge >= 0.3 is 5.97 Å². The van der Waals surface area contributed by atoms with E-state index in [1.54, 1.807) is 6.92 Å². The molecule has 19 heavy (non-hydrogen) atoms. The third-order valence-electron chi connectivity index (χ3n) is 2.51. The van der Waals surface area contributed by atoms with Crippen molar-refractivity contribution in [3.05, 3.63) is 33.9 Å². The highest BCUT2D eigenvalue weighted by Crippen LogP contribution is 2.05. The Kier molecular flexibility index (Phi) is 5.29. The zero-order valence-electron chi connectivity index (χ0n) is 10.9. The molecule has 1 unspecified atom stereocenters. The molecule has 0 spiro atoms. The van der Waals surface area contributed by atoms with Gasteiger partial charge in [-0.15, -0.1) is 0 Å². The van der Waals surface area contributed by atoms with Crippen LogP contribution in [0.15, 0.2) is 21.3 Å². The summed E-state index contributed by atoms with van der Waals surface area (Å²) in [5.41, 5.74) is -0.320. The average molecular weight is 267 g/mol. The quantitative estimate of drug-likeness (QED) is 0.810. The highest BCUT2D eigenvalue weighted by Gasteiger charge is 2.18. The third-order valence-corrected chi connectivity index (χ3v) is 2.51. The van der Waals surface area contributed by atoms with Gasteiger partial charge in [0, 0.05) is 18.2 Å². The van der Waals surface area contributed by atoms with Crippen molar-refractivity contribution in [2.75, 3.05) is 0 Å². The molecule has 0 aliphatic rings. The zero-order valence-corrected chi connectivity index (χ0v) is 10.9. The Balaban J connectivity index is 2.80. The number of carbonyl (C=O) groups is 2. The van der Waals surface area contributed by atoms with Crippen molar-refractivity contribution in [1.29, 1.82) is 0 Å². The van der Waals surface area contributed by atoms with Crippen LogP contribution in [0.25, 0.3) is 0 Å². The maximum Gasteiger partial charge on any atom is 0.305 e. The van der Waals surface area contributed by atoms with Gasteiger partial charge < -0.3 is 14.8 Å². The average Bonchev–Trinajstić information content (AvgIpc) is 2.26. The van der Waals surface area contributed by atoms with Gasteiger partial charge in [0.1, 0.15) is 5.76 Å². The third kappa shape index (κ3) is 4.95. The lowest BCUT2D eigenvalue weighted by Gasteiger charge is -2.15. The van der Waals surface area contributed by atoms with Gasteiger partial charge in [0.05, 0.1) is 6.42 Å². The molecule has 1 aromatic rings. The predicted molar refractivity (Wildman–Crippen MR) is 68.1 cm³/mol. The van der Waals surface area contributed by atoms with Crippen LogP contribution in [0, 0.1) is 6.92 Å². The van der Waals surface area contributed by atoms with E-state index in [0.29, 0.717) is 12.2 Å². The SMILES string of the molecule is CCCC(CC(=O)O)NC(=O)c1cc(=O)cc(C)o1. The Labute approximate surface area is 110 Å². The first kappa shape index (κ1) is 14.9. The fraction of sp³-hybridized carbons (Fsp3) is 0.462. The van der Waals surface area contributed by atoms with E-state index in [0.717, 1.165) is 12.5 Å². The minimum Gasteiger partial charge on any atom is -0.481 e. The molecule has 1 rings (SSSR count). The standard InChI is InChI=1S/C13H17NO5/c1-3-4-9(6-12(16)17)14-13(18)11-7-10(15)5-8(2)19-11/h5,7,9H,3-4,6H2,1-2H3,(H,14,18)(H,16,17). The van der Waals surface area contributed by atoms with Crippen LogP contribution in [0.5, 0.6) is 0 Å². The number of rotatable bonds is 6. The van der Waals surface area contributed by atoms with Crippen LogP contribution >= 0.6 is 0 Å². The minimum absolute atomic E-state index is 0.100. The van der Waals surface area contributed by atoms with E-state index in [-0.39, 0.29) is 17.6 Å². The number of carboxylic acids is 1. The summed E-state index contributed by atoms with van der Waals surface area (Å²) in [7, 11) is 0. The Morgan fingerprint density at radius 1 is 1.42 bits per heavy atom. The second-order valence-corrected chi connectivity index (χ2v) is 4.32. The van der Waals surface area contributed by atoms with E-state index in [2.05, 4.69) is 5.32 Å². The van der Waals surface area contributed by atoms with Crippen molar-refractivity contribution in [2.24, 2.45) is 0 Å². The Bertz CT molecular complexity index is 520. The molecule has 1 aromatic heterocycles. The van der Waals surface area contributed by atoms with Crippen LogP contribution in [0.4, 0.5) is 0 Å². The maximum absolute atomic E-state index is 11.9. The topological polar surface area (TPSA) is 96.6 Å². The van der Waals surface area contributed by atoms with E-state index in [9.17, 15) is 14.4 Å². The van der Waals surface area contributed by atoms with Gasteiger partial charge in [-0.2, -0.15) is 0 Å². The summed E-state index contributed by atoms with van der Waals surface area (Å²) < 4.78 is 5.14. The lowest BCUT2D eigenvalue weighted by molar-refractivity contribution is -0.137. The second-order valence-electron chi connectivity index (χ2n) is 4.32. The maximum atomic E-state index is 11.9. The van der Waals surface area contributed by atoms with E-state index >= 15 is 0 Å². The van der Waals surface area contributed by atoms with Crippen LogP contribution in [-0.2, 0) is 4.79 Å². The molecular formula is C13H17NO5. The van der Waals surface area contributed by atoms with Gasteiger partial charge in [-0.05, 0) is 13.3 Å². The molecule has 1 heterocycles. The summed E-state index contributed by atoms with van der Waals surface area (Å²) in [6.45, 7) is 3.47. The van der Waals surface area contributed by atoms with Crippen molar-refractivity contribution in [1.82, 2.24) is 5.32 Å². The summed E-state index contributed by atoms with van der Waals surface area (Å²) in [5.74, 6) is -1.32. The summed E-state index contributed by atoms with van der Waals surface area (Å²) in [5, 5.41) is 11.3. The van der Waals surface area contributed by atoms with Gasteiger partial charge in [-0.25, -0.2) is 0 Å². The number of hydrogen-bond donors (Lipinski definition) is 2. The lowest BCUT2D eigenvalue weighted by Crippen LogP contribution is -2.36. The van der Waals surface area contributed by atoms with Crippen LogP contribution in [-0.4, -0.2) is 23.0 Å². The van der Waals surface area contributed by atoms with Gasteiger partial charge in [0.15, 0.2) is 11.2 Å². The molecule has 2 N–H and O–H groups in total. The molecule has 0 aromatic carbocycles. The summed E-state index contributed by atoms with van der Waals surface area (Å²) in [6.07, 6.45) is 1.14. The van der Waals surface area contributed by atoms with Crippen LogP contribution in [0.3, 0.4) is 0 Å². The highest BCUT2D eigenvalue weighted by atomic mass is 16.4. The molecule has 0 saturated heterocycles. The van der Waals surface area contributed by atoms with E-state index in [1.807, 2.05) is 6.92 Å². The molecule has 6 nitrogen and oxygen atoms in total. The number of hydrogen-bond acceptors (Lipinski definition) is 4. The highest BCUT2D eigenvalue weighted by molar-refractivity contribution is 5.91. The van der Waals surface area contributed by atoms with Crippen LogP contribution in [0.2, 0.25) is 0 Å². The second kappa shape index (κ2) is 6.72. The summed E-state index contributed by atoms with van der Waals surface area (Å²) in [4.78, 5) is 33.8. The first-order chi connectivity index (χ1) is 8.92. The first-order valence-corrected chi connectivity index (χ1v) is 6.06. The molecule has 0 fully saturated rings. The normalized spacial score (nSPS) is 11.9.